The lowest BCUT2D eigenvalue weighted by Crippen LogP contribution is -2.36. The minimum absolute atomic E-state index is 0.103. The first-order valence-corrected chi connectivity index (χ1v) is 5.85. The second kappa shape index (κ2) is 5.27. The van der Waals surface area contributed by atoms with E-state index in [1.54, 1.807) is 0 Å². The number of pyridine rings is 1. The third kappa shape index (κ3) is 2.51. The maximum Gasteiger partial charge on any atom is 0.128 e. The van der Waals surface area contributed by atoms with Crippen molar-refractivity contribution in [2.75, 3.05) is 31.2 Å². The monoisotopic (exact) mass is 221 g/mol. The van der Waals surface area contributed by atoms with Gasteiger partial charge in [-0.15, -0.1) is 0 Å². The average molecular weight is 221 g/mol. The quantitative estimate of drug-likeness (QED) is 0.836. The summed E-state index contributed by atoms with van der Waals surface area (Å²) in [6.45, 7) is 5.51. The van der Waals surface area contributed by atoms with Gasteiger partial charge in [-0.2, -0.15) is 0 Å². The van der Waals surface area contributed by atoms with Crippen LogP contribution in [0.1, 0.15) is 24.9 Å². The zero-order valence-corrected chi connectivity index (χ0v) is 9.72. The van der Waals surface area contributed by atoms with E-state index in [9.17, 15) is 0 Å². The molecule has 1 aliphatic heterocycles. The van der Waals surface area contributed by atoms with Gasteiger partial charge in [0.1, 0.15) is 5.82 Å². The molecule has 0 unspecified atom stereocenters. The van der Waals surface area contributed by atoms with Crippen molar-refractivity contribution in [1.82, 2.24) is 4.98 Å². The number of nitrogens with two attached hydrogens (primary N) is 1. The third-order valence-electron chi connectivity index (χ3n) is 2.97. The zero-order chi connectivity index (χ0) is 11.4. The third-order valence-corrected chi connectivity index (χ3v) is 2.97. The molecule has 0 aliphatic carbocycles. The van der Waals surface area contributed by atoms with E-state index in [4.69, 9.17) is 10.5 Å². The van der Waals surface area contributed by atoms with Crippen LogP contribution in [0, 0.1) is 0 Å². The molecule has 0 radical (unpaired) electrons. The van der Waals surface area contributed by atoms with Gasteiger partial charge in [-0.25, -0.2) is 4.98 Å². The standard InChI is InChI=1S/C12H19N3O/c1-2-11(13)10-3-4-12(14-9-10)15-5-7-16-8-6-15/h3-4,9,11H,2,5-8,13H2,1H3/t11-/m0/s1. The van der Waals surface area contributed by atoms with Crippen LogP contribution in [0.15, 0.2) is 18.3 Å². The lowest BCUT2D eigenvalue weighted by Gasteiger charge is -2.27. The topological polar surface area (TPSA) is 51.4 Å². The number of morpholine rings is 1. The molecular formula is C12H19N3O. The summed E-state index contributed by atoms with van der Waals surface area (Å²) in [5.41, 5.74) is 7.06. The molecule has 1 aromatic heterocycles. The van der Waals surface area contributed by atoms with E-state index in [-0.39, 0.29) is 6.04 Å². The molecule has 2 heterocycles. The van der Waals surface area contributed by atoms with Crippen LogP contribution in [0.5, 0.6) is 0 Å². The smallest absolute Gasteiger partial charge is 0.128 e. The molecular weight excluding hydrogens is 202 g/mol. The average Bonchev–Trinajstić information content (AvgIpc) is 2.39. The number of rotatable bonds is 3. The van der Waals surface area contributed by atoms with Gasteiger partial charge in [0.25, 0.3) is 0 Å². The molecule has 1 saturated heterocycles. The van der Waals surface area contributed by atoms with E-state index in [1.807, 2.05) is 6.20 Å². The summed E-state index contributed by atoms with van der Waals surface area (Å²) in [4.78, 5) is 6.70. The minimum atomic E-state index is 0.103. The fraction of sp³-hybridized carbons (Fsp3) is 0.583. The summed E-state index contributed by atoms with van der Waals surface area (Å²) in [5.74, 6) is 1.02. The first-order valence-electron chi connectivity index (χ1n) is 5.85. The Labute approximate surface area is 96.4 Å². The van der Waals surface area contributed by atoms with Crippen molar-refractivity contribution in [3.8, 4) is 0 Å². The van der Waals surface area contributed by atoms with Gasteiger partial charge in [-0.1, -0.05) is 13.0 Å². The van der Waals surface area contributed by atoms with Gasteiger partial charge in [0.15, 0.2) is 0 Å². The Morgan fingerprint density at radius 3 is 2.75 bits per heavy atom. The maximum absolute atomic E-state index is 5.95. The van der Waals surface area contributed by atoms with Crippen LogP contribution in [0.25, 0.3) is 0 Å². The van der Waals surface area contributed by atoms with Crippen molar-refractivity contribution in [3.05, 3.63) is 23.9 Å². The van der Waals surface area contributed by atoms with Gasteiger partial charge in [-0.3, -0.25) is 0 Å². The summed E-state index contributed by atoms with van der Waals surface area (Å²) in [7, 11) is 0. The summed E-state index contributed by atoms with van der Waals surface area (Å²) >= 11 is 0. The van der Waals surface area contributed by atoms with E-state index >= 15 is 0 Å². The molecule has 4 nitrogen and oxygen atoms in total. The first-order chi connectivity index (χ1) is 7.81. The Kier molecular flexibility index (Phi) is 3.74. The van der Waals surface area contributed by atoms with Crippen LogP contribution >= 0.6 is 0 Å². The zero-order valence-electron chi connectivity index (χ0n) is 9.72. The van der Waals surface area contributed by atoms with Gasteiger partial charge >= 0.3 is 0 Å². The number of aromatic nitrogens is 1. The highest BCUT2D eigenvalue weighted by Gasteiger charge is 2.12. The Bertz CT molecular complexity index is 320. The van der Waals surface area contributed by atoms with Crippen LogP contribution in [0.3, 0.4) is 0 Å². The number of ether oxygens (including phenoxy) is 1. The molecule has 1 aliphatic rings. The second-order valence-corrected chi connectivity index (χ2v) is 4.06. The summed E-state index contributed by atoms with van der Waals surface area (Å²) in [6.07, 6.45) is 2.83. The Morgan fingerprint density at radius 2 is 2.19 bits per heavy atom. The fourth-order valence-corrected chi connectivity index (χ4v) is 1.83. The summed E-state index contributed by atoms with van der Waals surface area (Å²) in [6, 6.07) is 4.23. The molecule has 2 rings (SSSR count). The molecule has 1 atom stereocenters. The highest BCUT2D eigenvalue weighted by Crippen LogP contribution is 2.17. The Morgan fingerprint density at radius 1 is 1.44 bits per heavy atom. The molecule has 4 heteroatoms. The fourth-order valence-electron chi connectivity index (χ4n) is 1.83. The molecule has 0 aromatic carbocycles. The van der Waals surface area contributed by atoms with Crippen LogP contribution in [-0.2, 0) is 4.74 Å². The van der Waals surface area contributed by atoms with Crippen LogP contribution in [0.2, 0.25) is 0 Å². The largest absolute Gasteiger partial charge is 0.378 e. The van der Waals surface area contributed by atoms with Crippen LogP contribution < -0.4 is 10.6 Å². The highest BCUT2D eigenvalue weighted by atomic mass is 16.5. The van der Waals surface area contributed by atoms with E-state index in [0.29, 0.717) is 0 Å². The molecule has 88 valence electrons. The van der Waals surface area contributed by atoms with Crippen molar-refractivity contribution < 1.29 is 4.74 Å². The number of hydrogen-bond acceptors (Lipinski definition) is 4. The van der Waals surface area contributed by atoms with Gasteiger partial charge in [-0.05, 0) is 18.1 Å². The van der Waals surface area contributed by atoms with Gasteiger partial charge in [0.05, 0.1) is 13.2 Å². The van der Waals surface area contributed by atoms with E-state index in [1.165, 1.54) is 0 Å². The molecule has 1 fully saturated rings. The molecule has 2 N–H and O–H groups in total. The number of nitrogens with zero attached hydrogens (tertiary/aromatic N) is 2. The van der Waals surface area contributed by atoms with Crippen molar-refractivity contribution in [1.29, 1.82) is 0 Å². The molecule has 0 spiro atoms. The number of hydrogen-bond donors (Lipinski definition) is 1. The SMILES string of the molecule is CC[C@H](N)c1ccc(N2CCOCC2)nc1. The van der Waals surface area contributed by atoms with Crippen LogP contribution in [0.4, 0.5) is 5.82 Å². The molecule has 0 bridgehead atoms. The van der Waals surface area contributed by atoms with Crippen molar-refractivity contribution >= 4 is 5.82 Å². The summed E-state index contributed by atoms with van der Waals surface area (Å²) in [5, 5.41) is 0. The normalized spacial score (nSPS) is 18.5. The van der Waals surface area contributed by atoms with Gasteiger partial charge in [0.2, 0.25) is 0 Å². The molecule has 1 aromatic rings. The van der Waals surface area contributed by atoms with Gasteiger partial charge in [0, 0.05) is 25.3 Å². The van der Waals surface area contributed by atoms with Crippen molar-refractivity contribution in [3.63, 3.8) is 0 Å². The lowest BCUT2D eigenvalue weighted by molar-refractivity contribution is 0.122. The van der Waals surface area contributed by atoms with Crippen molar-refractivity contribution in [2.45, 2.75) is 19.4 Å². The highest BCUT2D eigenvalue weighted by molar-refractivity contribution is 5.40. The maximum atomic E-state index is 5.95. The van der Waals surface area contributed by atoms with Gasteiger partial charge < -0.3 is 15.4 Å². The minimum Gasteiger partial charge on any atom is -0.378 e. The first kappa shape index (κ1) is 11.4. The Hall–Kier alpha value is -1.13. The lowest BCUT2D eigenvalue weighted by atomic mass is 10.1. The van der Waals surface area contributed by atoms with E-state index < -0.39 is 0 Å². The van der Waals surface area contributed by atoms with E-state index in [0.717, 1.165) is 44.1 Å². The van der Waals surface area contributed by atoms with Crippen molar-refractivity contribution in [2.24, 2.45) is 5.73 Å². The molecule has 0 saturated carbocycles. The number of anilines is 1. The van der Waals surface area contributed by atoms with Crippen LogP contribution in [-0.4, -0.2) is 31.3 Å². The predicted molar refractivity (Wildman–Crippen MR) is 64.5 cm³/mol. The summed E-state index contributed by atoms with van der Waals surface area (Å²) < 4.78 is 5.31. The van der Waals surface area contributed by atoms with E-state index in [2.05, 4.69) is 28.9 Å². The predicted octanol–water partition coefficient (Wildman–Crippen LogP) is 1.33. The molecule has 0 amide bonds. The Balaban J connectivity index is 2.06. The molecule has 16 heavy (non-hydrogen) atoms. The second-order valence-electron chi connectivity index (χ2n) is 4.06.